The molecule has 0 spiro atoms. The predicted molar refractivity (Wildman–Crippen MR) is 67.9 cm³/mol. The van der Waals surface area contributed by atoms with E-state index < -0.39 is 0 Å². The molecule has 0 saturated heterocycles. The van der Waals surface area contributed by atoms with E-state index >= 15 is 0 Å². The summed E-state index contributed by atoms with van der Waals surface area (Å²) < 4.78 is 2.90. The fourth-order valence-electron chi connectivity index (χ4n) is 1.59. The number of nitrogens with zero attached hydrogens (tertiary/aromatic N) is 2. The van der Waals surface area contributed by atoms with Gasteiger partial charge >= 0.3 is 0 Å². The molecule has 0 unspecified atom stereocenters. The van der Waals surface area contributed by atoms with Crippen LogP contribution in [0.2, 0.25) is 4.34 Å². The molecule has 3 nitrogen and oxygen atoms in total. The zero-order chi connectivity index (χ0) is 11.5. The second-order valence-electron chi connectivity index (χ2n) is 3.67. The summed E-state index contributed by atoms with van der Waals surface area (Å²) in [5.74, 6) is 0. The molecular formula is C11H14ClN3S. The molecule has 0 amide bonds. The zero-order valence-electron chi connectivity index (χ0n) is 9.06. The molecule has 0 bridgehead atoms. The van der Waals surface area contributed by atoms with Gasteiger partial charge in [-0.2, -0.15) is 0 Å². The lowest BCUT2D eigenvalue weighted by Gasteiger charge is -2.11. The first-order chi connectivity index (χ1) is 7.70. The smallest absolute Gasteiger partial charge is 0.0952 e. The molecule has 0 radical (unpaired) electrons. The Labute approximate surface area is 104 Å². The normalized spacial score (nSPS) is 12.9. The zero-order valence-corrected chi connectivity index (χ0v) is 10.6. The average molecular weight is 256 g/mol. The summed E-state index contributed by atoms with van der Waals surface area (Å²) in [4.78, 5) is 5.36. The molecule has 0 aromatic carbocycles. The first-order valence-corrected chi connectivity index (χ1v) is 6.40. The van der Waals surface area contributed by atoms with E-state index in [1.807, 2.05) is 24.7 Å². The second-order valence-corrected chi connectivity index (χ2v) is 5.47. The van der Waals surface area contributed by atoms with Gasteiger partial charge in [0.25, 0.3) is 0 Å². The number of nitrogens with two attached hydrogens (primary N) is 1. The van der Waals surface area contributed by atoms with Crippen LogP contribution in [0, 0.1) is 0 Å². The average Bonchev–Trinajstić information content (AvgIpc) is 2.87. The molecule has 0 aliphatic rings. The highest BCUT2D eigenvalue weighted by molar-refractivity contribution is 7.16. The summed E-state index contributed by atoms with van der Waals surface area (Å²) in [6.07, 6.45) is 4.57. The van der Waals surface area contributed by atoms with Crippen LogP contribution in [0.5, 0.6) is 0 Å². The van der Waals surface area contributed by atoms with E-state index in [1.165, 1.54) is 4.88 Å². The van der Waals surface area contributed by atoms with Crippen LogP contribution in [-0.2, 0) is 6.54 Å². The van der Waals surface area contributed by atoms with E-state index in [2.05, 4.69) is 16.5 Å². The molecule has 86 valence electrons. The SMILES string of the molecule is CC[C@@H](N)c1cncn1Cc1ccc(Cl)s1. The van der Waals surface area contributed by atoms with Gasteiger partial charge in [0.15, 0.2) is 0 Å². The minimum Gasteiger partial charge on any atom is -0.328 e. The van der Waals surface area contributed by atoms with Crippen molar-refractivity contribution in [2.75, 3.05) is 0 Å². The first-order valence-electron chi connectivity index (χ1n) is 5.20. The first kappa shape index (κ1) is 11.6. The van der Waals surface area contributed by atoms with E-state index in [0.29, 0.717) is 0 Å². The Balaban J connectivity index is 2.18. The molecule has 2 heterocycles. The molecule has 2 N–H and O–H groups in total. The van der Waals surface area contributed by atoms with Crippen LogP contribution in [-0.4, -0.2) is 9.55 Å². The molecule has 1 atom stereocenters. The van der Waals surface area contributed by atoms with Gasteiger partial charge in [0.2, 0.25) is 0 Å². The van der Waals surface area contributed by atoms with Gasteiger partial charge in [-0.1, -0.05) is 18.5 Å². The van der Waals surface area contributed by atoms with E-state index in [0.717, 1.165) is 23.0 Å². The molecule has 0 saturated carbocycles. The summed E-state index contributed by atoms with van der Waals surface area (Å²) in [7, 11) is 0. The molecule has 2 aromatic rings. The van der Waals surface area contributed by atoms with Crippen molar-refractivity contribution in [2.24, 2.45) is 5.73 Å². The number of imidazole rings is 1. The highest BCUT2D eigenvalue weighted by Crippen LogP contribution is 2.23. The van der Waals surface area contributed by atoms with Gasteiger partial charge in [0, 0.05) is 17.1 Å². The Morgan fingerprint density at radius 1 is 1.56 bits per heavy atom. The van der Waals surface area contributed by atoms with Gasteiger partial charge in [-0.15, -0.1) is 11.3 Å². The quantitative estimate of drug-likeness (QED) is 0.913. The third-order valence-electron chi connectivity index (χ3n) is 2.52. The van der Waals surface area contributed by atoms with Crippen molar-refractivity contribution in [3.8, 4) is 0 Å². The van der Waals surface area contributed by atoms with Crippen LogP contribution < -0.4 is 5.73 Å². The molecule has 0 aliphatic carbocycles. The summed E-state index contributed by atoms with van der Waals surface area (Å²) in [5, 5.41) is 0. The fraction of sp³-hybridized carbons (Fsp3) is 0.364. The third kappa shape index (κ3) is 2.45. The lowest BCUT2D eigenvalue weighted by molar-refractivity contribution is 0.621. The van der Waals surface area contributed by atoms with Crippen LogP contribution in [0.1, 0.15) is 30.0 Å². The minimum atomic E-state index is 0.0536. The number of rotatable bonds is 4. The summed E-state index contributed by atoms with van der Waals surface area (Å²) >= 11 is 7.49. The van der Waals surface area contributed by atoms with Crippen molar-refractivity contribution >= 4 is 22.9 Å². The largest absolute Gasteiger partial charge is 0.328 e. The van der Waals surface area contributed by atoms with Crippen molar-refractivity contribution < 1.29 is 0 Å². The van der Waals surface area contributed by atoms with E-state index in [4.69, 9.17) is 17.3 Å². The molecule has 0 aliphatic heterocycles. The van der Waals surface area contributed by atoms with Crippen molar-refractivity contribution in [1.29, 1.82) is 0 Å². The van der Waals surface area contributed by atoms with Crippen LogP contribution in [0.25, 0.3) is 0 Å². The molecular weight excluding hydrogens is 242 g/mol. The van der Waals surface area contributed by atoms with E-state index in [1.54, 1.807) is 11.3 Å². The van der Waals surface area contributed by atoms with E-state index in [-0.39, 0.29) is 6.04 Å². The Morgan fingerprint density at radius 3 is 3.00 bits per heavy atom. The highest BCUT2D eigenvalue weighted by atomic mass is 35.5. The standard InChI is InChI=1S/C11H14ClN3S/c1-2-9(13)10-5-14-7-15(10)6-8-3-4-11(12)16-8/h3-5,7,9H,2,6,13H2,1H3/t9-/m1/s1. The fourth-order valence-corrected chi connectivity index (χ4v) is 2.67. The molecule has 2 rings (SSSR count). The Morgan fingerprint density at radius 2 is 2.38 bits per heavy atom. The summed E-state index contributed by atoms with van der Waals surface area (Å²) in [5.41, 5.74) is 7.09. The highest BCUT2D eigenvalue weighted by Gasteiger charge is 2.10. The minimum absolute atomic E-state index is 0.0536. The Hall–Kier alpha value is -0.840. The summed E-state index contributed by atoms with van der Waals surface area (Å²) in [6, 6.07) is 4.00. The number of halogens is 1. The van der Waals surface area contributed by atoms with Gasteiger partial charge in [-0.25, -0.2) is 4.98 Å². The van der Waals surface area contributed by atoms with Crippen LogP contribution in [0.3, 0.4) is 0 Å². The predicted octanol–water partition coefficient (Wildman–Crippen LogP) is 3.06. The molecule has 2 aromatic heterocycles. The molecule has 5 heteroatoms. The van der Waals surface area contributed by atoms with Crippen molar-refractivity contribution in [2.45, 2.75) is 25.9 Å². The maximum absolute atomic E-state index is 6.01. The lowest BCUT2D eigenvalue weighted by Crippen LogP contribution is -2.14. The van der Waals surface area contributed by atoms with Crippen LogP contribution in [0.15, 0.2) is 24.7 Å². The van der Waals surface area contributed by atoms with Crippen molar-refractivity contribution in [3.63, 3.8) is 0 Å². The second kappa shape index (κ2) is 4.99. The molecule has 0 fully saturated rings. The number of aromatic nitrogens is 2. The maximum Gasteiger partial charge on any atom is 0.0952 e. The number of hydrogen-bond acceptors (Lipinski definition) is 3. The van der Waals surface area contributed by atoms with Crippen molar-refractivity contribution in [1.82, 2.24) is 9.55 Å². The van der Waals surface area contributed by atoms with Gasteiger partial charge in [-0.05, 0) is 18.6 Å². The Kier molecular flexibility index (Phi) is 3.63. The van der Waals surface area contributed by atoms with Gasteiger partial charge < -0.3 is 10.3 Å². The molecule has 16 heavy (non-hydrogen) atoms. The number of hydrogen-bond donors (Lipinski definition) is 1. The van der Waals surface area contributed by atoms with Crippen LogP contribution >= 0.6 is 22.9 Å². The third-order valence-corrected chi connectivity index (χ3v) is 3.74. The Bertz CT molecular complexity index is 463. The topological polar surface area (TPSA) is 43.8 Å². The van der Waals surface area contributed by atoms with Crippen LogP contribution in [0.4, 0.5) is 0 Å². The van der Waals surface area contributed by atoms with Gasteiger partial charge in [-0.3, -0.25) is 0 Å². The van der Waals surface area contributed by atoms with Crippen molar-refractivity contribution in [3.05, 3.63) is 39.6 Å². The number of thiophene rings is 1. The van der Waals surface area contributed by atoms with Gasteiger partial charge in [0.1, 0.15) is 0 Å². The van der Waals surface area contributed by atoms with E-state index in [9.17, 15) is 0 Å². The monoisotopic (exact) mass is 255 g/mol. The lowest BCUT2D eigenvalue weighted by atomic mass is 10.2. The summed E-state index contributed by atoms with van der Waals surface area (Å²) in [6.45, 7) is 2.87. The maximum atomic E-state index is 6.01. The van der Waals surface area contributed by atoms with Gasteiger partial charge in [0.05, 0.1) is 22.9 Å².